The molecule has 0 saturated carbocycles. The van der Waals surface area contributed by atoms with Crippen LogP contribution in [0.2, 0.25) is 0 Å². The van der Waals surface area contributed by atoms with Crippen LogP contribution in [0.1, 0.15) is 16.7 Å². The molecule has 0 aliphatic carbocycles. The molecule has 0 fully saturated rings. The van der Waals surface area contributed by atoms with Gasteiger partial charge >= 0.3 is 0 Å². The lowest BCUT2D eigenvalue weighted by Crippen LogP contribution is -2.01. The average molecular weight is 362 g/mol. The Bertz CT molecular complexity index is 861. The van der Waals surface area contributed by atoms with E-state index >= 15 is 0 Å². The second-order valence-electron chi connectivity index (χ2n) is 6.02. The molecule has 0 radical (unpaired) electrons. The van der Waals surface area contributed by atoms with Gasteiger partial charge in [-0.2, -0.15) is 0 Å². The van der Waals surface area contributed by atoms with Crippen LogP contribution < -0.4 is 16.2 Å². The van der Waals surface area contributed by atoms with E-state index in [1.165, 1.54) is 5.56 Å². The van der Waals surface area contributed by atoms with Crippen molar-refractivity contribution in [2.75, 3.05) is 24.7 Å². The quantitative estimate of drug-likeness (QED) is 0.464. The summed E-state index contributed by atoms with van der Waals surface area (Å²) in [6.07, 6.45) is 4.02. The van der Waals surface area contributed by atoms with E-state index in [-0.39, 0.29) is 6.61 Å². The molecule has 0 heterocycles. The van der Waals surface area contributed by atoms with Crippen LogP contribution >= 0.6 is 0 Å². The highest BCUT2D eigenvalue weighted by atomic mass is 16.5. The third-order valence-corrected chi connectivity index (χ3v) is 3.72. The summed E-state index contributed by atoms with van der Waals surface area (Å²) in [7, 11) is 0. The molecule has 0 aliphatic rings. The lowest BCUT2D eigenvalue weighted by molar-refractivity contribution is 0.201. The summed E-state index contributed by atoms with van der Waals surface area (Å²) in [5.41, 5.74) is 16.2. The molecule has 0 saturated heterocycles. The van der Waals surface area contributed by atoms with Gasteiger partial charge in [0.25, 0.3) is 0 Å². The Hall–Kier alpha value is -3.24. The third kappa shape index (κ3) is 7.26. The van der Waals surface area contributed by atoms with Gasteiger partial charge in [-0.15, -0.1) is 0 Å². The summed E-state index contributed by atoms with van der Waals surface area (Å²) in [5, 5.41) is 8.47. The van der Waals surface area contributed by atoms with Gasteiger partial charge in [0.2, 0.25) is 0 Å². The molecule has 0 amide bonds. The van der Waals surface area contributed by atoms with Gasteiger partial charge in [-0.05, 0) is 47.9 Å². The van der Waals surface area contributed by atoms with Crippen LogP contribution in [0.3, 0.4) is 0 Å². The molecule has 27 heavy (non-hydrogen) atoms. The number of aryl methyl sites for hydroxylation is 1. The Kier molecular flexibility index (Phi) is 7.94. The van der Waals surface area contributed by atoms with E-state index in [0.717, 1.165) is 16.9 Å². The Morgan fingerprint density at radius 2 is 1.67 bits per heavy atom. The van der Waals surface area contributed by atoms with Gasteiger partial charge in [0.05, 0.1) is 6.61 Å². The minimum absolute atomic E-state index is 0.0634. The first-order valence-electron chi connectivity index (χ1n) is 8.77. The van der Waals surface area contributed by atoms with Crippen LogP contribution in [0.5, 0.6) is 5.75 Å². The molecule has 0 bridgehead atoms. The van der Waals surface area contributed by atoms with E-state index in [4.69, 9.17) is 21.3 Å². The van der Waals surface area contributed by atoms with Crippen molar-refractivity contribution in [3.63, 3.8) is 0 Å². The number of anilines is 2. The molecule has 5 N–H and O–H groups in total. The van der Waals surface area contributed by atoms with E-state index < -0.39 is 0 Å². The fourth-order valence-electron chi connectivity index (χ4n) is 2.36. The van der Waals surface area contributed by atoms with Crippen molar-refractivity contribution in [1.29, 1.82) is 0 Å². The lowest BCUT2D eigenvalue weighted by Gasteiger charge is -2.03. The number of nitrogens with two attached hydrogens (primary N) is 2. The van der Waals surface area contributed by atoms with E-state index in [2.05, 4.69) is 0 Å². The van der Waals surface area contributed by atoms with Crippen molar-refractivity contribution in [3.8, 4) is 5.75 Å². The lowest BCUT2D eigenvalue weighted by atomic mass is 10.1. The van der Waals surface area contributed by atoms with Crippen molar-refractivity contribution >= 4 is 23.5 Å². The zero-order valence-corrected chi connectivity index (χ0v) is 15.5. The van der Waals surface area contributed by atoms with Crippen molar-refractivity contribution < 1.29 is 9.84 Å². The average Bonchev–Trinajstić information content (AvgIpc) is 2.67. The standard InChI is InChI=1S/C14H14N2.C9H12O2/c15-13-9-8-12(14(16)10-13)7-6-11-4-2-1-3-5-11;1-8-3-2-4-9(7-8)11-6-5-10/h1-10H,15-16H2;2-4,7,10H,5-6H2,1H3. The number of hydrogen-bond donors (Lipinski definition) is 3. The molecule has 0 unspecified atom stereocenters. The molecule has 3 aromatic rings. The molecule has 0 spiro atoms. The summed E-state index contributed by atoms with van der Waals surface area (Å²) < 4.78 is 5.19. The smallest absolute Gasteiger partial charge is 0.119 e. The predicted molar refractivity (Wildman–Crippen MR) is 114 cm³/mol. The maximum absolute atomic E-state index is 8.47. The number of rotatable bonds is 5. The molecule has 4 nitrogen and oxygen atoms in total. The number of aliphatic hydroxyl groups excluding tert-OH is 1. The van der Waals surface area contributed by atoms with E-state index in [0.29, 0.717) is 18.0 Å². The Balaban J connectivity index is 0.000000208. The Labute approximate surface area is 160 Å². The van der Waals surface area contributed by atoms with Gasteiger partial charge in [-0.25, -0.2) is 0 Å². The minimum atomic E-state index is 0.0634. The first kappa shape index (κ1) is 20.1. The van der Waals surface area contributed by atoms with Gasteiger partial charge in [-0.1, -0.05) is 60.7 Å². The first-order valence-corrected chi connectivity index (χ1v) is 8.77. The highest BCUT2D eigenvalue weighted by molar-refractivity contribution is 5.77. The van der Waals surface area contributed by atoms with E-state index in [1.807, 2.05) is 85.8 Å². The minimum Gasteiger partial charge on any atom is -0.491 e. The van der Waals surface area contributed by atoms with Crippen LogP contribution in [-0.4, -0.2) is 18.3 Å². The van der Waals surface area contributed by atoms with E-state index in [9.17, 15) is 0 Å². The second kappa shape index (κ2) is 10.7. The van der Waals surface area contributed by atoms with Gasteiger partial charge in [0.15, 0.2) is 0 Å². The molecule has 0 aliphatic heterocycles. The number of hydrogen-bond acceptors (Lipinski definition) is 4. The van der Waals surface area contributed by atoms with Crippen LogP contribution in [0.25, 0.3) is 12.2 Å². The summed E-state index contributed by atoms with van der Waals surface area (Å²) in [5.74, 6) is 0.819. The maximum Gasteiger partial charge on any atom is 0.119 e. The van der Waals surface area contributed by atoms with Crippen LogP contribution in [-0.2, 0) is 0 Å². The number of ether oxygens (including phenoxy) is 1. The third-order valence-electron chi connectivity index (χ3n) is 3.72. The SMILES string of the molecule is Cc1cccc(OCCO)c1.Nc1ccc(C=Cc2ccccc2)c(N)c1. The largest absolute Gasteiger partial charge is 0.491 e. The van der Waals surface area contributed by atoms with Gasteiger partial charge in [0, 0.05) is 11.4 Å². The Morgan fingerprint density at radius 3 is 2.33 bits per heavy atom. The van der Waals surface area contributed by atoms with Crippen molar-refractivity contribution in [1.82, 2.24) is 0 Å². The second-order valence-corrected chi connectivity index (χ2v) is 6.02. The Morgan fingerprint density at radius 1 is 0.889 bits per heavy atom. The summed E-state index contributed by atoms with van der Waals surface area (Å²) in [4.78, 5) is 0. The zero-order valence-electron chi connectivity index (χ0n) is 15.5. The molecular weight excluding hydrogens is 336 g/mol. The molecular formula is C23H26N2O2. The molecule has 0 atom stereocenters. The fourth-order valence-corrected chi connectivity index (χ4v) is 2.36. The fraction of sp³-hybridized carbons (Fsp3) is 0.130. The van der Waals surface area contributed by atoms with Gasteiger partial charge in [0.1, 0.15) is 12.4 Å². The van der Waals surface area contributed by atoms with Crippen molar-refractivity contribution in [2.24, 2.45) is 0 Å². The van der Waals surface area contributed by atoms with Crippen molar-refractivity contribution in [3.05, 3.63) is 89.5 Å². The topological polar surface area (TPSA) is 81.5 Å². The summed E-state index contributed by atoms with van der Waals surface area (Å²) in [6.45, 7) is 2.43. The van der Waals surface area contributed by atoms with Crippen LogP contribution in [0, 0.1) is 6.92 Å². The highest BCUT2D eigenvalue weighted by Crippen LogP contribution is 2.18. The number of benzene rings is 3. The molecule has 140 valence electrons. The molecule has 0 aromatic heterocycles. The summed E-state index contributed by atoms with van der Waals surface area (Å²) in [6, 6.07) is 23.4. The monoisotopic (exact) mass is 362 g/mol. The normalized spacial score (nSPS) is 10.3. The molecule has 3 rings (SSSR count). The number of aliphatic hydroxyl groups is 1. The predicted octanol–water partition coefficient (Wildman–Crippen LogP) is 4.39. The molecule has 4 heteroatoms. The van der Waals surface area contributed by atoms with Crippen LogP contribution in [0.15, 0.2) is 72.8 Å². The van der Waals surface area contributed by atoms with Gasteiger partial charge < -0.3 is 21.3 Å². The maximum atomic E-state index is 8.47. The van der Waals surface area contributed by atoms with Crippen LogP contribution in [0.4, 0.5) is 11.4 Å². The first-order chi connectivity index (χ1) is 13.1. The molecule has 3 aromatic carbocycles. The highest BCUT2D eigenvalue weighted by Gasteiger charge is 1.95. The van der Waals surface area contributed by atoms with Crippen molar-refractivity contribution in [2.45, 2.75) is 6.92 Å². The summed E-state index contributed by atoms with van der Waals surface area (Å²) >= 11 is 0. The zero-order chi connectivity index (χ0) is 19.5. The number of nitrogen functional groups attached to an aromatic ring is 2. The van der Waals surface area contributed by atoms with Gasteiger partial charge in [-0.3, -0.25) is 0 Å². The van der Waals surface area contributed by atoms with E-state index in [1.54, 1.807) is 6.07 Å².